The van der Waals surface area contributed by atoms with Gasteiger partial charge in [0.25, 0.3) is 0 Å². The second-order valence-electron chi connectivity index (χ2n) is 3.83. The van der Waals surface area contributed by atoms with Crippen LogP contribution in [0.3, 0.4) is 0 Å². The van der Waals surface area contributed by atoms with Crippen LogP contribution < -0.4 is 0 Å². The Morgan fingerprint density at radius 1 is 1.18 bits per heavy atom. The maximum Gasteiger partial charge on any atom is 0.142 e. The van der Waals surface area contributed by atoms with Crippen molar-refractivity contribution < 1.29 is 0 Å². The second kappa shape index (κ2) is 3.66. The molecule has 3 rings (SSSR count). The number of aromatic nitrogens is 5. The van der Waals surface area contributed by atoms with E-state index < -0.39 is 0 Å². The minimum Gasteiger partial charge on any atom is -0.345 e. The smallest absolute Gasteiger partial charge is 0.142 e. The van der Waals surface area contributed by atoms with E-state index in [-0.39, 0.29) is 0 Å². The lowest BCUT2D eigenvalue weighted by Gasteiger charge is -2.04. The summed E-state index contributed by atoms with van der Waals surface area (Å²) in [5.74, 6) is 2.49. The maximum atomic E-state index is 4.56. The zero-order valence-electron chi connectivity index (χ0n) is 9.40. The summed E-state index contributed by atoms with van der Waals surface area (Å²) in [4.78, 5) is 7.67. The van der Waals surface area contributed by atoms with E-state index in [1.165, 1.54) is 0 Å². The Morgan fingerprint density at radius 3 is 2.59 bits per heavy atom. The van der Waals surface area contributed by atoms with Crippen molar-refractivity contribution in [3.8, 4) is 5.82 Å². The quantitative estimate of drug-likeness (QED) is 0.749. The number of pyridine rings is 1. The van der Waals surface area contributed by atoms with Crippen LogP contribution in [0.25, 0.3) is 16.9 Å². The number of nitrogens with zero attached hydrogens (tertiary/aromatic N) is 4. The first-order valence-electron chi connectivity index (χ1n) is 5.19. The van der Waals surface area contributed by atoms with Gasteiger partial charge in [0, 0.05) is 16.1 Å². The molecule has 0 radical (unpaired) electrons. The molecule has 3 aromatic heterocycles. The van der Waals surface area contributed by atoms with Crippen molar-refractivity contribution in [3.63, 3.8) is 0 Å². The van der Waals surface area contributed by atoms with Crippen LogP contribution in [0.1, 0.15) is 11.6 Å². The van der Waals surface area contributed by atoms with Crippen molar-refractivity contribution in [1.29, 1.82) is 0 Å². The lowest BCUT2D eigenvalue weighted by atomic mass is 10.3. The van der Waals surface area contributed by atoms with E-state index in [4.69, 9.17) is 0 Å². The van der Waals surface area contributed by atoms with Gasteiger partial charge in [-0.25, -0.2) is 4.98 Å². The van der Waals surface area contributed by atoms with Gasteiger partial charge in [0.05, 0.1) is 0 Å². The summed E-state index contributed by atoms with van der Waals surface area (Å²) in [6.45, 7) is 3.83. The Kier molecular flexibility index (Phi) is 2.25. The summed E-state index contributed by atoms with van der Waals surface area (Å²) in [5, 5.41) is 9.13. The maximum absolute atomic E-state index is 4.56. The fourth-order valence-electron chi connectivity index (χ4n) is 1.89. The number of aromatic amines is 1. The largest absolute Gasteiger partial charge is 0.345 e. The average molecular weight is 292 g/mol. The van der Waals surface area contributed by atoms with Gasteiger partial charge in [0.15, 0.2) is 0 Å². The molecule has 0 bridgehead atoms. The highest BCUT2D eigenvalue weighted by atomic mass is 79.9. The third-order valence-electron chi connectivity index (χ3n) is 2.69. The highest BCUT2D eigenvalue weighted by Gasteiger charge is 2.10. The Labute approximate surface area is 106 Å². The highest BCUT2D eigenvalue weighted by Crippen LogP contribution is 2.23. The Bertz CT molecular complexity index is 678. The Balaban J connectivity index is 2.25. The summed E-state index contributed by atoms with van der Waals surface area (Å²) in [6, 6.07) is 3.99. The monoisotopic (exact) mass is 291 g/mol. The average Bonchev–Trinajstić information content (AvgIpc) is 2.83. The molecule has 0 aromatic carbocycles. The number of rotatable bonds is 1. The fraction of sp³-hybridized carbons (Fsp3) is 0.182. The SMILES string of the molecule is Cc1nnc(C)n1-c1ccc2c(Br)c[nH]c2n1. The standard InChI is InChI=1S/C11H10BrN5/c1-6-15-16-7(2)17(6)10-4-3-8-9(12)5-13-11(8)14-10/h3-5H,1-2H3,(H,13,14). The van der Waals surface area contributed by atoms with E-state index in [1.54, 1.807) is 0 Å². The molecule has 0 aliphatic heterocycles. The number of hydrogen-bond acceptors (Lipinski definition) is 3. The van der Waals surface area contributed by atoms with Crippen LogP contribution in [-0.2, 0) is 0 Å². The van der Waals surface area contributed by atoms with Crippen LogP contribution in [0.5, 0.6) is 0 Å². The van der Waals surface area contributed by atoms with Crippen LogP contribution in [0, 0.1) is 13.8 Å². The van der Waals surface area contributed by atoms with Crippen molar-refractivity contribution in [2.24, 2.45) is 0 Å². The summed E-state index contributed by atoms with van der Waals surface area (Å²) in [5.41, 5.74) is 0.849. The molecular formula is C11H10BrN5. The number of H-pyrrole nitrogens is 1. The highest BCUT2D eigenvalue weighted by molar-refractivity contribution is 9.10. The molecule has 86 valence electrons. The van der Waals surface area contributed by atoms with Gasteiger partial charge in [-0.05, 0) is 41.9 Å². The number of halogens is 1. The molecule has 0 saturated carbocycles. The van der Waals surface area contributed by atoms with E-state index in [0.717, 1.165) is 33.0 Å². The molecule has 0 spiro atoms. The van der Waals surface area contributed by atoms with Gasteiger partial charge >= 0.3 is 0 Å². The Hall–Kier alpha value is -1.69. The molecule has 1 N–H and O–H groups in total. The van der Waals surface area contributed by atoms with Crippen LogP contribution in [0.4, 0.5) is 0 Å². The third kappa shape index (κ3) is 1.56. The van der Waals surface area contributed by atoms with Crippen molar-refractivity contribution in [2.75, 3.05) is 0 Å². The molecule has 0 atom stereocenters. The van der Waals surface area contributed by atoms with Gasteiger partial charge < -0.3 is 4.98 Å². The van der Waals surface area contributed by atoms with Crippen molar-refractivity contribution in [3.05, 3.63) is 34.5 Å². The van der Waals surface area contributed by atoms with Crippen LogP contribution in [0.2, 0.25) is 0 Å². The van der Waals surface area contributed by atoms with E-state index in [1.807, 2.05) is 36.7 Å². The van der Waals surface area contributed by atoms with E-state index in [2.05, 4.69) is 36.1 Å². The van der Waals surface area contributed by atoms with Crippen LogP contribution in [0.15, 0.2) is 22.8 Å². The zero-order valence-corrected chi connectivity index (χ0v) is 11.0. The zero-order chi connectivity index (χ0) is 12.0. The molecule has 0 unspecified atom stereocenters. The van der Waals surface area contributed by atoms with Gasteiger partial charge in [-0.3, -0.25) is 4.57 Å². The fourth-order valence-corrected chi connectivity index (χ4v) is 2.32. The molecule has 17 heavy (non-hydrogen) atoms. The lowest BCUT2D eigenvalue weighted by molar-refractivity contribution is 0.905. The third-order valence-corrected chi connectivity index (χ3v) is 3.35. The number of fused-ring (bicyclic) bond motifs is 1. The van der Waals surface area contributed by atoms with E-state index in [9.17, 15) is 0 Å². The summed E-state index contributed by atoms with van der Waals surface area (Å²) in [7, 11) is 0. The molecule has 0 fully saturated rings. The normalized spacial score (nSPS) is 11.2. The molecule has 6 heteroatoms. The molecule has 5 nitrogen and oxygen atoms in total. The predicted octanol–water partition coefficient (Wildman–Crippen LogP) is 2.52. The topological polar surface area (TPSA) is 59.4 Å². The second-order valence-corrected chi connectivity index (χ2v) is 4.69. The number of aryl methyl sites for hydroxylation is 2. The minimum atomic E-state index is 0.826. The molecule has 3 aromatic rings. The molecule has 0 amide bonds. The minimum absolute atomic E-state index is 0.826. The number of hydrogen-bond donors (Lipinski definition) is 1. The number of nitrogens with one attached hydrogen (secondary N) is 1. The van der Waals surface area contributed by atoms with E-state index >= 15 is 0 Å². The molecule has 0 aliphatic carbocycles. The van der Waals surface area contributed by atoms with Crippen LogP contribution in [-0.4, -0.2) is 24.7 Å². The molecule has 3 heterocycles. The van der Waals surface area contributed by atoms with Gasteiger partial charge in [0.1, 0.15) is 23.1 Å². The van der Waals surface area contributed by atoms with Gasteiger partial charge in [-0.1, -0.05) is 0 Å². The van der Waals surface area contributed by atoms with Crippen molar-refractivity contribution in [2.45, 2.75) is 13.8 Å². The van der Waals surface area contributed by atoms with Crippen molar-refractivity contribution in [1.82, 2.24) is 24.7 Å². The summed E-state index contributed by atoms with van der Waals surface area (Å²) in [6.07, 6.45) is 1.88. The molecular weight excluding hydrogens is 282 g/mol. The van der Waals surface area contributed by atoms with Crippen LogP contribution >= 0.6 is 15.9 Å². The molecule has 0 saturated heterocycles. The van der Waals surface area contributed by atoms with Gasteiger partial charge in [-0.15, -0.1) is 10.2 Å². The van der Waals surface area contributed by atoms with Gasteiger partial charge in [-0.2, -0.15) is 0 Å². The van der Waals surface area contributed by atoms with Gasteiger partial charge in [0.2, 0.25) is 0 Å². The first kappa shape index (κ1) is 10.5. The summed E-state index contributed by atoms with van der Waals surface area (Å²) >= 11 is 3.47. The molecule has 0 aliphatic rings. The van der Waals surface area contributed by atoms with Crippen molar-refractivity contribution >= 4 is 27.0 Å². The van der Waals surface area contributed by atoms with E-state index in [0.29, 0.717) is 0 Å². The predicted molar refractivity (Wildman–Crippen MR) is 68.2 cm³/mol. The first-order chi connectivity index (χ1) is 8.16. The summed E-state index contributed by atoms with van der Waals surface area (Å²) < 4.78 is 2.94. The first-order valence-corrected chi connectivity index (χ1v) is 5.99. The Morgan fingerprint density at radius 2 is 1.88 bits per heavy atom. The lowest BCUT2D eigenvalue weighted by Crippen LogP contribution is -2.02.